The first-order chi connectivity index (χ1) is 9.15. The lowest BCUT2D eigenvalue weighted by Crippen LogP contribution is -2.12. The number of aromatic amines is 1. The fraction of sp³-hybridized carbons (Fsp3) is 0. The molecule has 0 aliphatic heterocycles. The smallest absolute Gasteiger partial charge is 0.261 e. The van der Waals surface area contributed by atoms with Crippen molar-refractivity contribution in [3.8, 4) is 0 Å². The van der Waals surface area contributed by atoms with Gasteiger partial charge in [-0.25, -0.2) is 8.42 Å². The standard InChI is InChI=1S/C13H11N3O2S/c17-19(18,16-11-4-6-14-7-5-11)12-2-1-10-3-8-15-13(10)9-12/h1-9,15H,(H,14,16). The van der Waals surface area contributed by atoms with Gasteiger partial charge in [0, 0.05) is 24.1 Å². The van der Waals surface area contributed by atoms with Crippen molar-refractivity contribution < 1.29 is 8.42 Å². The van der Waals surface area contributed by atoms with Crippen LogP contribution in [0.4, 0.5) is 5.69 Å². The molecule has 0 amide bonds. The number of sulfonamides is 1. The molecule has 1 aromatic carbocycles. The lowest BCUT2D eigenvalue weighted by molar-refractivity contribution is 0.601. The number of pyridine rings is 1. The SMILES string of the molecule is O=S(=O)(Nc1ccncc1)c1ccc2cc[nH]c2c1. The first-order valence-electron chi connectivity index (χ1n) is 5.65. The summed E-state index contributed by atoms with van der Waals surface area (Å²) in [6, 6.07) is 10.1. The van der Waals surface area contributed by atoms with Gasteiger partial charge in [0.05, 0.1) is 10.6 Å². The van der Waals surface area contributed by atoms with Crippen LogP contribution in [0.1, 0.15) is 0 Å². The lowest BCUT2D eigenvalue weighted by Gasteiger charge is -2.07. The predicted octanol–water partition coefficient (Wildman–Crippen LogP) is 2.36. The number of hydrogen-bond donors (Lipinski definition) is 2. The zero-order chi connectivity index (χ0) is 13.3. The van der Waals surface area contributed by atoms with Crippen molar-refractivity contribution in [3.05, 3.63) is 55.0 Å². The fourth-order valence-corrected chi connectivity index (χ4v) is 2.91. The summed E-state index contributed by atoms with van der Waals surface area (Å²) in [5, 5.41) is 0.975. The molecule has 0 aliphatic rings. The van der Waals surface area contributed by atoms with Gasteiger partial charge < -0.3 is 4.98 Å². The quantitative estimate of drug-likeness (QED) is 0.769. The van der Waals surface area contributed by atoms with Crippen LogP contribution in [0.5, 0.6) is 0 Å². The molecule has 0 spiro atoms. The first-order valence-corrected chi connectivity index (χ1v) is 7.13. The van der Waals surface area contributed by atoms with Gasteiger partial charge in [0.25, 0.3) is 10.0 Å². The van der Waals surface area contributed by atoms with E-state index in [1.54, 1.807) is 36.5 Å². The Balaban J connectivity index is 1.99. The molecular formula is C13H11N3O2S. The summed E-state index contributed by atoms with van der Waals surface area (Å²) in [5.41, 5.74) is 1.28. The van der Waals surface area contributed by atoms with E-state index < -0.39 is 10.0 Å². The molecule has 19 heavy (non-hydrogen) atoms. The summed E-state index contributed by atoms with van der Waals surface area (Å²) in [7, 11) is -3.58. The van der Waals surface area contributed by atoms with E-state index in [4.69, 9.17) is 0 Å². The summed E-state index contributed by atoms with van der Waals surface area (Å²) in [4.78, 5) is 7.06. The average Bonchev–Trinajstić information content (AvgIpc) is 2.86. The second-order valence-corrected chi connectivity index (χ2v) is 5.75. The zero-order valence-corrected chi connectivity index (χ0v) is 10.7. The molecule has 0 aliphatic carbocycles. The Hall–Kier alpha value is -2.34. The maximum atomic E-state index is 12.2. The summed E-state index contributed by atoms with van der Waals surface area (Å²) in [6.07, 6.45) is 4.84. The van der Waals surface area contributed by atoms with Crippen LogP contribution in [-0.2, 0) is 10.0 Å². The van der Waals surface area contributed by atoms with Crippen LogP contribution in [-0.4, -0.2) is 18.4 Å². The van der Waals surface area contributed by atoms with Crippen molar-refractivity contribution in [2.45, 2.75) is 4.90 Å². The van der Waals surface area contributed by atoms with E-state index in [0.29, 0.717) is 5.69 Å². The minimum absolute atomic E-state index is 0.222. The summed E-state index contributed by atoms with van der Waals surface area (Å²) in [5.74, 6) is 0. The number of H-pyrrole nitrogens is 1. The molecule has 0 saturated carbocycles. The van der Waals surface area contributed by atoms with Gasteiger partial charge in [-0.1, -0.05) is 6.07 Å². The molecule has 0 atom stereocenters. The van der Waals surface area contributed by atoms with Crippen molar-refractivity contribution in [1.29, 1.82) is 0 Å². The Morgan fingerprint density at radius 1 is 1.05 bits per heavy atom. The second-order valence-electron chi connectivity index (χ2n) is 4.07. The number of nitrogens with one attached hydrogen (secondary N) is 2. The Morgan fingerprint density at radius 3 is 2.63 bits per heavy atom. The van der Waals surface area contributed by atoms with Crippen LogP contribution < -0.4 is 4.72 Å². The third-order valence-electron chi connectivity index (χ3n) is 2.77. The van der Waals surface area contributed by atoms with Gasteiger partial charge in [0.1, 0.15) is 0 Å². The van der Waals surface area contributed by atoms with Gasteiger partial charge in [-0.05, 0) is 35.7 Å². The minimum atomic E-state index is -3.58. The van der Waals surface area contributed by atoms with E-state index in [9.17, 15) is 8.42 Å². The highest BCUT2D eigenvalue weighted by atomic mass is 32.2. The molecule has 2 heterocycles. The maximum absolute atomic E-state index is 12.2. The number of fused-ring (bicyclic) bond motifs is 1. The molecular weight excluding hydrogens is 262 g/mol. The van der Waals surface area contributed by atoms with Gasteiger partial charge >= 0.3 is 0 Å². The second kappa shape index (κ2) is 4.40. The molecule has 0 bridgehead atoms. The van der Waals surface area contributed by atoms with Crippen molar-refractivity contribution in [2.24, 2.45) is 0 Å². The Labute approximate surface area is 110 Å². The summed E-state index contributed by atoms with van der Waals surface area (Å²) < 4.78 is 27.0. The van der Waals surface area contributed by atoms with Crippen LogP contribution in [0.15, 0.2) is 59.9 Å². The van der Waals surface area contributed by atoms with Crippen molar-refractivity contribution in [2.75, 3.05) is 4.72 Å². The topological polar surface area (TPSA) is 74.8 Å². The number of rotatable bonds is 3. The minimum Gasteiger partial charge on any atom is -0.361 e. The molecule has 6 heteroatoms. The normalized spacial score (nSPS) is 11.6. The summed E-state index contributed by atoms with van der Waals surface area (Å²) in [6.45, 7) is 0. The lowest BCUT2D eigenvalue weighted by atomic mass is 10.2. The molecule has 0 fully saturated rings. The molecule has 3 rings (SSSR count). The van der Waals surface area contributed by atoms with Crippen LogP contribution in [0.25, 0.3) is 10.9 Å². The first kappa shape index (κ1) is 11.7. The van der Waals surface area contributed by atoms with Crippen LogP contribution in [0.3, 0.4) is 0 Å². The average molecular weight is 273 g/mol. The predicted molar refractivity (Wildman–Crippen MR) is 73.3 cm³/mol. The van der Waals surface area contributed by atoms with Gasteiger partial charge in [0.2, 0.25) is 0 Å². The number of aromatic nitrogens is 2. The van der Waals surface area contributed by atoms with Crippen molar-refractivity contribution in [3.63, 3.8) is 0 Å². The summed E-state index contributed by atoms with van der Waals surface area (Å²) >= 11 is 0. The van der Waals surface area contributed by atoms with Gasteiger partial charge in [-0.15, -0.1) is 0 Å². The highest BCUT2D eigenvalue weighted by molar-refractivity contribution is 7.92. The molecule has 0 saturated heterocycles. The molecule has 2 N–H and O–H groups in total. The van der Waals surface area contributed by atoms with E-state index in [1.165, 1.54) is 12.4 Å². The number of nitrogens with zero attached hydrogens (tertiary/aromatic N) is 1. The highest BCUT2D eigenvalue weighted by Crippen LogP contribution is 2.20. The zero-order valence-electron chi connectivity index (χ0n) is 9.87. The largest absolute Gasteiger partial charge is 0.361 e. The van der Waals surface area contributed by atoms with Gasteiger partial charge in [-0.2, -0.15) is 0 Å². The number of anilines is 1. The number of benzene rings is 1. The fourth-order valence-electron chi connectivity index (χ4n) is 1.83. The van der Waals surface area contributed by atoms with Crippen LogP contribution in [0.2, 0.25) is 0 Å². The van der Waals surface area contributed by atoms with E-state index in [2.05, 4.69) is 14.7 Å². The van der Waals surface area contributed by atoms with Crippen LogP contribution >= 0.6 is 0 Å². The Bertz CT molecular complexity index is 810. The Morgan fingerprint density at radius 2 is 1.84 bits per heavy atom. The van der Waals surface area contributed by atoms with E-state index in [0.717, 1.165) is 10.9 Å². The van der Waals surface area contributed by atoms with E-state index in [-0.39, 0.29) is 4.90 Å². The van der Waals surface area contributed by atoms with Gasteiger partial charge in [-0.3, -0.25) is 9.71 Å². The third kappa shape index (κ3) is 2.30. The maximum Gasteiger partial charge on any atom is 0.261 e. The molecule has 3 aromatic rings. The van der Waals surface area contributed by atoms with E-state index in [1.807, 2.05) is 6.07 Å². The molecule has 5 nitrogen and oxygen atoms in total. The van der Waals surface area contributed by atoms with Crippen molar-refractivity contribution in [1.82, 2.24) is 9.97 Å². The molecule has 0 radical (unpaired) electrons. The van der Waals surface area contributed by atoms with Crippen molar-refractivity contribution >= 4 is 26.6 Å². The van der Waals surface area contributed by atoms with Crippen LogP contribution in [0, 0.1) is 0 Å². The highest BCUT2D eigenvalue weighted by Gasteiger charge is 2.14. The Kier molecular flexibility index (Phi) is 2.72. The monoisotopic (exact) mass is 273 g/mol. The molecule has 2 aromatic heterocycles. The van der Waals surface area contributed by atoms with E-state index >= 15 is 0 Å². The molecule has 0 unspecified atom stereocenters. The molecule has 96 valence electrons. The van der Waals surface area contributed by atoms with Gasteiger partial charge in [0.15, 0.2) is 0 Å². The third-order valence-corrected chi connectivity index (χ3v) is 4.15. The number of hydrogen-bond acceptors (Lipinski definition) is 3.